The van der Waals surface area contributed by atoms with Gasteiger partial charge in [0, 0.05) is 42.5 Å². The molecule has 0 radical (unpaired) electrons. The van der Waals surface area contributed by atoms with Gasteiger partial charge in [-0.25, -0.2) is 4.68 Å². The number of halogens is 1. The van der Waals surface area contributed by atoms with Gasteiger partial charge in [-0.15, -0.1) is 0 Å². The predicted octanol–water partition coefficient (Wildman–Crippen LogP) is 5.40. The molecule has 7 heteroatoms. The molecule has 1 amide bonds. The van der Waals surface area contributed by atoms with E-state index >= 15 is 0 Å². The second-order valence-corrected chi connectivity index (χ2v) is 9.92. The highest BCUT2D eigenvalue weighted by Crippen LogP contribution is 2.43. The molecule has 1 N–H and O–H groups in total. The Labute approximate surface area is 211 Å². The van der Waals surface area contributed by atoms with E-state index in [9.17, 15) is 9.59 Å². The molecule has 1 heterocycles. The second kappa shape index (κ2) is 11.2. The molecule has 35 heavy (non-hydrogen) atoms. The van der Waals surface area contributed by atoms with Crippen molar-refractivity contribution in [2.24, 2.45) is 0 Å². The summed E-state index contributed by atoms with van der Waals surface area (Å²) in [7, 11) is 1.64. The first-order valence-electron chi connectivity index (χ1n) is 12.1. The van der Waals surface area contributed by atoms with Crippen LogP contribution in [0.5, 0.6) is 0 Å². The van der Waals surface area contributed by atoms with Crippen molar-refractivity contribution < 1.29 is 9.53 Å². The van der Waals surface area contributed by atoms with Crippen molar-refractivity contribution in [3.05, 3.63) is 87.2 Å². The summed E-state index contributed by atoms with van der Waals surface area (Å²) in [6.07, 6.45) is 4.39. The van der Waals surface area contributed by atoms with Gasteiger partial charge in [0.2, 0.25) is 0 Å². The van der Waals surface area contributed by atoms with E-state index in [4.69, 9.17) is 21.4 Å². The zero-order valence-electron chi connectivity index (χ0n) is 20.3. The number of nitrogens with zero attached hydrogens (tertiary/aromatic N) is 2. The van der Waals surface area contributed by atoms with E-state index < -0.39 is 0 Å². The molecule has 1 aliphatic carbocycles. The first-order chi connectivity index (χ1) is 16.9. The Kier molecular flexibility index (Phi) is 8.04. The minimum absolute atomic E-state index is 0.0353. The average molecular weight is 494 g/mol. The van der Waals surface area contributed by atoms with Gasteiger partial charge in [-0.2, -0.15) is 5.10 Å². The molecule has 1 fully saturated rings. The molecule has 184 valence electrons. The molecule has 1 aromatic heterocycles. The van der Waals surface area contributed by atoms with E-state index in [1.54, 1.807) is 30.0 Å². The lowest BCUT2D eigenvalue weighted by Gasteiger charge is -2.38. The highest BCUT2D eigenvalue weighted by Gasteiger charge is 2.34. The van der Waals surface area contributed by atoms with Crippen LogP contribution in [0.2, 0.25) is 5.02 Å². The fraction of sp³-hybridized carbons (Fsp3) is 0.393. The Morgan fingerprint density at radius 3 is 2.66 bits per heavy atom. The fourth-order valence-corrected chi connectivity index (χ4v) is 5.01. The number of rotatable bonds is 8. The largest absolute Gasteiger partial charge is 0.385 e. The minimum atomic E-state index is -0.135. The van der Waals surface area contributed by atoms with Gasteiger partial charge in [0.05, 0.1) is 11.7 Å². The molecule has 1 saturated carbocycles. The Bertz CT molecular complexity index is 1230. The van der Waals surface area contributed by atoms with Crippen LogP contribution in [0.15, 0.2) is 65.5 Å². The van der Waals surface area contributed by atoms with Crippen molar-refractivity contribution in [1.82, 2.24) is 15.1 Å². The van der Waals surface area contributed by atoms with Gasteiger partial charge in [0.1, 0.15) is 0 Å². The van der Waals surface area contributed by atoms with Crippen LogP contribution in [-0.2, 0) is 10.2 Å². The lowest BCUT2D eigenvalue weighted by Crippen LogP contribution is -2.34. The van der Waals surface area contributed by atoms with Crippen LogP contribution in [0.4, 0.5) is 0 Å². The van der Waals surface area contributed by atoms with E-state index in [-0.39, 0.29) is 22.9 Å². The summed E-state index contributed by atoms with van der Waals surface area (Å²) in [6.45, 7) is 3.42. The number of methoxy groups -OCH3 is 1. The number of nitrogens with one attached hydrogen (secondary N) is 1. The summed E-state index contributed by atoms with van der Waals surface area (Å²) in [6, 6.07) is 18.8. The number of hydrogen-bond donors (Lipinski definition) is 1. The maximum absolute atomic E-state index is 12.7. The normalized spacial score (nSPS) is 19.9. The van der Waals surface area contributed by atoms with Gasteiger partial charge < -0.3 is 10.1 Å². The molecule has 1 aliphatic rings. The highest BCUT2D eigenvalue weighted by atomic mass is 35.5. The van der Waals surface area contributed by atoms with Crippen LogP contribution >= 0.6 is 11.6 Å². The maximum Gasteiger partial charge on any atom is 0.267 e. The molecule has 2 aromatic carbocycles. The molecule has 4 rings (SSSR count). The molecule has 0 saturated heterocycles. The van der Waals surface area contributed by atoms with Crippen molar-refractivity contribution in [3.8, 4) is 11.3 Å². The van der Waals surface area contributed by atoms with Crippen molar-refractivity contribution in [2.45, 2.75) is 50.5 Å². The van der Waals surface area contributed by atoms with Crippen LogP contribution in [0, 0.1) is 0 Å². The van der Waals surface area contributed by atoms with Crippen LogP contribution in [0.25, 0.3) is 11.3 Å². The van der Waals surface area contributed by atoms with E-state index in [1.807, 2.05) is 36.4 Å². The predicted molar refractivity (Wildman–Crippen MR) is 139 cm³/mol. The third-order valence-corrected chi connectivity index (χ3v) is 7.22. The van der Waals surface area contributed by atoms with E-state index in [1.165, 1.54) is 5.56 Å². The number of benzene rings is 2. The SMILES string of the molecule is COCCCNC(=O)c1cccc(-c2ccc(=O)n(C3CCC(C)(c4cccc(Cl)c4)CC3)n2)c1. The number of hydrogen-bond acceptors (Lipinski definition) is 4. The van der Waals surface area contributed by atoms with Crippen LogP contribution in [0.1, 0.15) is 61.0 Å². The molecule has 0 spiro atoms. The lowest BCUT2D eigenvalue weighted by atomic mass is 9.69. The Hall–Kier alpha value is -2.96. The molecule has 6 nitrogen and oxygen atoms in total. The maximum atomic E-state index is 12.7. The number of ether oxygens (including phenoxy) is 1. The monoisotopic (exact) mass is 493 g/mol. The third kappa shape index (κ3) is 6.00. The summed E-state index contributed by atoms with van der Waals surface area (Å²) in [5.41, 5.74) is 3.24. The van der Waals surface area contributed by atoms with Gasteiger partial charge in [-0.3, -0.25) is 9.59 Å². The lowest BCUT2D eigenvalue weighted by molar-refractivity contribution is 0.0948. The molecule has 0 atom stereocenters. The zero-order valence-corrected chi connectivity index (χ0v) is 21.1. The van der Waals surface area contributed by atoms with Gasteiger partial charge in [0.25, 0.3) is 11.5 Å². The van der Waals surface area contributed by atoms with Gasteiger partial charge in [-0.1, -0.05) is 42.8 Å². The van der Waals surface area contributed by atoms with Gasteiger partial charge >= 0.3 is 0 Å². The Balaban J connectivity index is 1.49. The molecule has 0 unspecified atom stereocenters. The molecular weight excluding hydrogens is 462 g/mol. The number of amides is 1. The third-order valence-electron chi connectivity index (χ3n) is 6.98. The molecule has 0 aliphatic heterocycles. The van der Waals surface area contributed by atoms with E-state index in [0.717, 1.165) is 42.7 Å². The zero-order chi connectivity index (χ0) is 24.8. The first kappa shape index (κ1) is 25.1. The molecule has 3 aromatic rings. The quantitative estimate of drug-likeness (QED) is 0.426. The van der Waals surface area contributed by atoms with Crippen LogP contribution in [-0.4, -0.2) is 35.9 Å². The summed E-state index contributed by atoms with van der Waals surface area (Å²) in [5, 5.41) is 8.38. The van der Waals surface area contributed by atoms with Crippen molar-refractivity contribution in [3.63, 3.8) is 0 Å². The van der Waals surface area contributed by atoms with Crippen molar-refractivity contribution in [2.75, 3.05) is 20.3 Å². The number of carbonyl (C=O) groups is 1. The highest BCUT2D eigenvalue weighted by molar-refractivity contribution is 6.30. The van der Waals surface area contributed by atoms with Crippen LogP contribution < -0.4 is 10.9 Å². The first-order valence-corrected chi connectivity index (χ1v) is 12.5. The second-order valence-electron chi connectivity index (χ2n) is 9.49. The van der Waals surface area contributed by atoms with Crippen molar-refractivity contribution >= 4 is 17.5 Å². The Morgan fingerprint density at radius 1 is 1.14 bits per heavy atom. The summed E-state index contributed by atoms with van der Waals surface area (Å²) >= 11 is 6.23. The minimum Gasteiger partial charge on any atom is -0.385 e. The Morgan fingerprint density at radius 2 is 1.91 bits per heavy atom. The van der Waals surface area contributed by atoms with E-state index in [0.29, 0.717) is 24.4 Å². The number of carbonyl (C=O) groups excluding carboxylic acids is 1. The topological polar surface area (TPSA) is 73.2 Å². The van der Waals surface area contributed by atoms with E-state index in [2.05, 4.69) is 18.3 Å². The summed E-state index contributed by atoms with van der Waals surface area (Å²) < 4.78 is 6.65. The summed E-state index contributed by atoms with van der Waals surface area (Å²) in [5.74, 6) is -0.135. The van der Waals surface area contributed by atoms with Crippen molar-refractivity contribution in [1.29, 1.82) is 0 Å². The summed E-state index contributed by atoms with van der Waals surface area (Å²) in [4.78, 5) is 25.3. The van der Waals surface area contributed by atoms with Crippen LogP contribution in [0.3, 0.4) is 0 Å². The van der Waals surface area contributed by atoms with Gasteiger partial charge in [-0.05, 0) is 73.4 Å². The smallest absolute Gasteiger partial charge is 0.267 e. The fourth-order valence-electron chi connectivity index (χ4n) is 4.82. The molecular formula is C28H32ClN3O3. The molecule has 0 bridgehead atoms. The van der Waals surface area contributed by atoms with Gasteiger partial charge in [0.15, 0.2) is 0 Å². The average Bonchev–Trinajstić information content (AvgIpc) is 2.87. The standard InChI is InChI=1S/C28H32ClN3O3/c1-28(22-8-4-9-23(29)19-22)14-12-24(13-15-28)32-26(33)11-10-25(31-32)20-6-3-7-21(18-20)27(34)30-16-5-17-35-2/h3-4,6-11,18-19,24H,5,12-17H2,1-2H3,(H,30,34). The number of aromatic nitrogens is 2.